The molecular weight excluding hydrogens is 262 g/mol. The number of anilines is 1. The Bertz CT molecular complexity index is 495. The van der Waals surface area contributed by atoms with Crippen molar-refractivity contribution < 1.29 is 8.78 Å². The predicted molar refractivity (Wildman–Crippen MR) is 76.2 cm³/mol. The van der Waals surface area contributed by atoms with Gasteiger partial charge in [-0.15, -0.1) is 0 Å². The fourth-order valence-electron chi connectivity index (χ4n) is 2.74. The van der Waals surface area contributed by atoms with Crippen LogP contribution in [0.1, 0.15) is 12.0 Å². The fraction of sp³-hybridized carbons (Fsp3) is 0.500. The molecule has 20 heavy (non-hydrogen) atoms. The first kappa shape index (κ1) is 14.7. The summed E-state index contributed by atoms with van der Waals surface area (Å²) in [4.78, 5) is 3.82. The van der Waals surface area contributed by atoms with Crippen LogP contribution in [-0.4, -0.2) is 44.5 Å². The normalized spacial score (nSPS) is 19.3. The summed E-state index contributed by atoms with van der Waals surface area (Å²) >= 11 is 0. The molecule has 0 spiro atoms. The molecular formula is C14H20F2N4. The average molecular weight is 282 g/mol. The second-order valence-electron chi connectivity index (χ2n) is 5.50. The third kappa shape index (κ3) is 3.07. The molecule has 3 N–H and O–H groups in total. The summed E-state index contributed by atoms with van der Waals surface area (Å²) < 4.78 is 28.1. The molecule has 1 aliphatic heterocycles. The highest BCUT2D eigenvalue weighted by Gasteiger charge is 2.23. The lowest BCUT2D eigenvalue weighted by atomic mass is 10.1. The fourth-order valence-corrected chi connectivity index (χ4v) is 2.74. The molecule has 0 radical (unpaired) electrons. The SMILES string of the molecule is CN1CCC(CN(C)c2c(F)cc(C(=N)N)cc2F)C1. The van der Waals surface area contributed by atoms with Gasteiger partial charge in [-0.1, -0.05) is 0 Å². The van der Waals surface area contributed by atoms with Crippen molar-refractivity contribution in [3.63, 3.8) is 0 Å². The smallest absolute Gasteiger partial charge is 0.150 e. The number of nitrogens with one attached hydrogen (secondary N) is 1. The number of halogens is 2. The Morgan fingerprint density at radius 2 is 2.05 bits per heavy atom. The molecule has 4 nitrogen and oxygen atoms in total. The van der Waals surface area contributed by atoms with Gasteiger partial charge >= 0.3 is 0 Å². The van der Waals surface area contributed by atoms with E-state index >= 15 is 0 Å². The zero-order valence-corrected chi connectivity index (χ0v) is 11.8. The molecule has 0 saturated carbocycles. The highest BCUT2D eigenvalue weighted by Crippen LogP contribution is 2.26. The lowest BCUT2D eigenvalue weighted by Crippen LogP contribution is -2.29. The lowest BCUT2D eigenvalue weighted by molar-refractivity contribution is 0.395. The Balaban J connectivity index is 2.17. The van der Waals surface area contributed by atoms with Gasteiger partial charge in [-0.3, -0.25) is 5.41 Å². The molecule has 0 aliphatic carbocycles. The molecule has 0 bridgehead atoms. The van der Waals surface area contributed by atoms with E-state index in [4.69, 9.17) is 11.1 Å². The van der Waals surface area contributed by atoms with Gasteiger partial charge in [0.25, 0.3) is 0 Å². The van der Waals surface area contributed by atoms with E-state index < -0.39 is 11.6 Å². The Labute approximate surface area is 117 Å². The van der Waals surface area contributed by atoms with Crippen LogP contribution in [-0.2, 0) is 0 Å². The van der Waals surface area contributed by atoms with E-state index in [1.165, 1.54) is 0 Å². The summed E-state index contributed by atoms with van der Waals surface area (Å²) in [5.74, 6) is -1.28. The van der Waals surface area contributed by atoms with E-state index in [1.807, 2.05) is 7.05 Å². The predicted octanol–water partition coefficient (Wildman–Crippen LogP) is 1.64. The van der Waals surface area contributed by atoms with E-state index in [9.17, 15) is 8.78 Å². The van der Waals surface area contributed by atoms with Gasteiger partial charge in [0.15, 0.2) is 0 Å². The molecule has 2 rings (SSSR count). The number of benzene rings is 1. The van der Waals surface area contributed by atoms with Crippen LogP contribution in [0.4, 0.5) is 14.5 Å². The summed E-state index contributed by atoms with van der Waals surface area (Å²) in [6.45, 7) is 2.57. The van der Waals surface area contributed by atoms with Crippen LogP contribution in [0.2, 0.25) is 0 Å². The van der Waals surface area contributed by atoms with Crippen LogP contribution in [0.3, 0.4) is 0 Å². The van der Waals surface area contributed by atoms with Gasteiger partial charge in [0, 0.05) is 25.7 Å². The number of nitrogens with zero attached hydrogens (tertiary/aromatic N) is 2. The Kier molecular flexibility index (Phi) is 4.23. The van der Waals surface area contributed by atoms with Gasteiger partial charge in [0.1, 0.15) is 23.2 Å². The number of amidine groups is 1. The third-order valence-corrected chi connectivity index (χ3v) is 3.73. The highest BCUT2D eigenvalue weighted by molar-refractivity contribution is 5.95. The second kappa shape index (κ2) is 5.75. The van der Waals surface area contributed by atoms with Crippen molar-refractivity contribution in [2.75, 3.05) is 38.6 Å². The Hall–Kier alpha value is -1.69. The van der Waals surface area contributed by atoms with Crippen LogP contribution < -0.4 is 10.6 Å². The monoisotopic (exact) mass is 282 g/mol. The molecule has 1 heterocycles. The summed E-state index contributed by atoms with van der Waals surface area (Å²) in [6, 6.07) is 2.22. The van der Waals surface area contributed by atoms with Crippen molar-refractivity contribution in [3.8, 4) is 0 Å². The molecule has 6 heteroatoms. The summed E-state index contributed by atoms with van der Waals surface area (Å²) in [5, 5.41) is 7.24. The van der Waals surface area contributed by atoms with Gasteiger partial charge in [-0.05, 0) is 38.1 Å². The van der Waals surface area contributed by atoms with Crippen molar-refractivity contribution in [1.82, 2.24) is 4.90 Å². The van der Waals surface area contributed by atoms with E-state index in [1.54, 1.807) is 11.9 Å². The Morgan fingerprint density at radius 3 is 2.50 bits per heavy atom. The van der Waals surface area contributed by atoms with E-state index in [0.29, 0.717) is 12.5 Å². The van der Waals surface area contributed by atoms with Crippen LogP contribution in [0, 0.1) is 23.0 Å². The van der Waals surface area contributed by atoms with Crippen LogP contribution in [0.25, 0.3) is 0 Å². The molecule has 1 unspecified atom stereocenters. The largest absolute Gasteiger partial charge is 0.384 e. The molecule has 1 fully saturated rings. The topological polar surface area (TPSA) is 56.4 Å². The van der Waals surface area contributed by atoms with Crippen molar-refractivity contribution in [1.29, 1.82) is 5.41 Å². The number of hydrogen-bond acceptors (Lipinski definition) is 3. The minimum absolute atomic E-state index is 0.0513. The number of nitrogens with two attached hydrogens (primary N) is 1. The maximum Gasteiger partial charge on any atom is 0.150 e. The van der Waals surface area contributed by atoms with Crippen molar-refractivity contribution in [3.05, 3.63) is 29.3 Å². The minimum Gasteiger partial charge on any atom is -0.384 e. The zero-order chi connectivity index (χ0) is 14.9. The first-order valence-electron chi connectivity index (χ1n) is 6.61. The zero-order valence-electron chi connectivity index (χ0n) is 11.8. The molecule has 1 saturated heterocycles. The van der Waals surface area contributed by atoms with Crippen molar-refractivity contribution >= 4 is 11.5 Å². The maximum absolute atomic E-state index is 14.0. The average Bonchev–Trinajstić information content (AvgIpc) is 2.73. The number of hydrogen-bond donors (Lipinski definition) is 2. The number of rotatable bonds is 4. The summed E-state index contributed by atoms with van der Waals surface area (Å²) in [7, 11) is 3.73. The molecule has 0 aromatic heterocycles. The Morgan fingerprint density at radius 1 is 1.45 bits per heavy atom. The van der Waals surface area contributed by atoms with E-state index in [2.05, 4.69) is 4.90 Å². The maximum atomic E-state index is 14.0. The van der Waals surface area contributed by atoms with Gasteiger partial charge in [-0.25, -0.2) is 8.78 Å². The summed E-state index contributed by atoms with van der Waals surface area (Å²) in [5.41, 5.74) is 5.27. The molecule has 0 amide bonds. The molecule has 1 atom stereocenters. The molecule has 110 valence electrons. The minimum atomic E-state index is -0.677. The second-order valence-corrected chi connectivity index (χ2v) is 5.50. The molecule has 1 aliphatic rings. The lowest BCUT2D eigenvalue weighted by Gasteiger charge is -2.24. The van der Waals surface area contributed by atoms with Crippen LogP contribution >= 0.6 is 0 Å². The third-order valence-electron chi connectivity index (χ3n) is 3.73. The van der Waals surface area contributed by atoms with E-state index in [-0.39, 0.29) is 17.1 Å². The van der Waals surface area contributed by atoms with Gasteiger partial charge in [0.2, 0.25) is 0 Å². The van der Waals surface area contributed by atoms with Gasteiger partial charge in [-0.2, -0.15) is 0 Å². The number of nitrogen functional groups attached to an aromatic ring is 1. The number of likely N-dealkylation sites (tertiary alicyclic amines) is 1. The first-order valence-corrected chi connectivity index (χ1v) is 6.61. The van der Waals surface area contributed by atoms with Crippen molar-refractivity contribution in [2.24, 2.45) is 11.7 Å². The van der Waals surface area contributed by atoms with Crippen molar-refractivity contribution in [2.45, 2.75) is 6.42 Å². The van der Waals surface area contributed by atoms with E-state index in [0.717, 1.165) is 31.6 Å². The summed E-state index contributed by atoms with van der Waals surface area (Å²) in [6.07, 6.45) is 1.04. The van der Waals surface area contributed by atoms with Gasteiger partial charge in [0.05, 0.1) is 0 Å². The molecule has 1 aromatic rings. The van der Waals surface area contributed by atoms with Crippen LogP contribution in [0.5, 0.6) is 0 Å². The van der Waals surface area contributed by atoms with Crippen LogP contribution in [0.15, 0.2) is 12.1 Å². The van der Waals surface area contributed by atoms with Gasteiger partial charge < -0.3 is 15.5 Å². The first-order chi connectivity index (χ1) is 9.38. The standard InChI is InChI=1S/C14H20F2N4/c1-19-4-3-9(7-19)8-20(2)13-11(15)5-10(14(17)18)6-12(13)16/h5-6,9H,3-4,7-8H2,1-2H3,(H3,17,18). The molecule has 1 aromatic carbocycles. The quantitative estimate of drug-likeness (QED) is 0.652. The highest BCUT2D eigenvalue weighted by atomic mass is 19.1.